The molecule has 0 unspecified atom stereocenters. The Morgan fingerprint density at radius 2 is 2.21 bits per heavy atom. The summed E-state index contributed by atoms with van der Waals surface area (Å²) in [4.78, 5) is 22.8. The van der Waals surface area contributed by atoms with Gasteiger partial charge in [-0.25, -0.2) is 0 Å². The van der Waals surface area contributed by atoms with E-state index in [-0.39, 0.29) is 23.7 Å². The standard InChI is InChI=1S/C11H18O3/c1-7-4-5-9(10(7)12)6-8(2)11(13)14-3/h7-9H,4-6H2,1-3H3/t7-,8+,9+/m0/s1. The van der Waals surface area contributed by atoms with Crippen LogP contribution in [-0.4, -0.2) is 18.9 Å². The Morgan fingerprint density at radius 1 is 1.57 bits per heavy atom. The molecule has 0 aromatic rings. The lowest BCUT2D eigenvalue weighted by molar-refractivity contribution is -0.145. The zero-order valence-electron chi connectivity index (χ0n) is 9.08. The zero-order chi connectivity index (χ0) is 10.7. The van der Waals surface area contributed by atoms with Gasteiger partial charge in [0, 0.05) is 11.8 Å². The summed E-state index contributed by atoms with van der Waals surface area (Å²) in [6.07, 6.45) is 2.55. The number of methoxy groups -OCH3 is 1. The fraction of sp³-hybridized carbons (Fsp3) is 0.818. The van der Waals surface area contributed by atoms with Gasteiger partial charge in [-0.3, -0.25) is 9.59 Å². The topological polar surface area (TPSA) is 43.4 Å². The van der Waals surface area contributed by atoms with Crippen LogP contribution in [0.2, 0.25) is 0 Å². The minimum atomic E-state index is -0.211. The molecule has 0 aromatic heterocycles. The van der Waals surface area contributed by atoms with E-state index in [2.05, 4.69) is 4.74 Å². The van der Waals surface area contributed by atoms with Crippen molar-refractivity contribution in [1.82, 2.24) is 0 Å². The number of esters is 1. The summed E-state index contributed by atoms with van der Waals surface area (Å²) in [6, 6.07) is 0. The molecule has 0 aliphatic heterocycles. The van der Waals surface area contributed by atoms with Gasteiger partial charge in [0.15, 0.2) is 0 Å². The number of hydrogen-bond acceptors (Lipinski definition) is 3. The molecule has 0 N–H and O–H groups in total. The van der Waals surface area contributed by atoms with E-state index in [1.54, 1.807) is 0 Å². The molecule has 1 fully saturated rings. The van der Waals surface area contributed by atoms with Crippen LogP contribution >= 0.6 is 0 Å². The lowest BCUT2D eigenvalue weighted by Gasteiger charge is -2.13. The molecular formula is C11H18O3. The zero-order valence-corrected chi connectivity index (χ0v) is 9.08. The number of ether oxygens (including phenoxy) is 1. The van der Waals surface area contributed by atoms with Crippen molar-refractivity contribution >= 4 is 11.8 Å². The van der Waals surface area contributed by atoms with Gasteiger partial charge in [-0.15, -0.1) is 0 Å². The van der Waals surface area contributed by atoms with Crippen molar-refractivity contribution in [3.8, 4) is 0 Å². The molecular weight excluding hydrogens is 180 g/mol. The predicted octanol–water partition coefficient (Wildman–Crippen LogP) is 1.80. The second kappa shape index (κ2) is 4.58. The average molecular weight is 198 g/mol. The highest BCUT2D eigenvalue weighted by molar-refractivity contribution is 5.85. The molecule has 80 valence electrons. The summed E-state index contributed by atoms with van der Waals surface area (Å²) < 4.78 is 4.63. The minimum absolute atomic E-state index is 0.0825. The summed E-state index contributed by atoms with van der Waals surface area (Å²) in [5, 5.41) is 0. The normalized spacial score (nSPS) is 28.9. The molecule has 3 atom stereocenters. The molecule has 0 aromatic carbocycles. The summed E-state index contributed by atoms with van der Waals surface area (Å²) in [5.74, 6) is 0.223. The first kappa shape index (κ1) is 11.2. The first-order chi connectivity index (χ1) is 6.56. The van der Waals surface area contributed by atoms with Crippen LogP contribution in [0, 0.1) is 17.8 Å². The van der Waals surface area contributed by atoms with Crippen LogP contribution in [0.4, 0.5) is 0 Å². The molecule has 1 rings (SSSR count). The maximum atomic E-state index is 11.6. The molecule has 3 heteroatoms. The van der Waals surface area contributed by atoms with Crippen LogP contribution in [-0.2, 0) is 14.3 Å². The second-order valence-electron chi connectivity index (χ2n) is 4.24. The number of carbonyl (C=O) groups excluding carboxylic acids is 2. The van der Waals surface area contributed by atoms with E-state index in [1.165, 1.54) is 7.11 Å². The third kappa shape index (κ3) is 2.34. The van der Waals surface area contributed by atoms with Crippen LogP contribution in [0.15, 0.2) is 0 Å². The fourth-order valence-electron chi connectivity index (χ4n) is 2.10. The van der Waals surface area contributed by atoms with Gasteiger partial charge in [-0.2, -0.15) is 0 Å². The second-order valence-corrected chi connectivity index (χ2v) is 4.24. The van der Waals surface area contributed by atoms with Crippen molar-refractivity contribution in [3.63, 3.8) is 0 Å². The van der Waals surface area contributed by atoms with Crippen molar-refractivity contribution in [2.45, 2.75) is 33.1 Å². The highest BCUT2D eigenvalue weighted by Crippen LogP contribution is 2.31. The largest absolute Gasteiger partial charge is 0.469 e. The van der Waals surface area contributed by atoms with Crippen molar-refractivity contribution in [2.24, 2.45) is 17.8 Å². The predicted molar refractivity (Wildman–Crippen MR) is 52.7 cm³/mol. The Balaban J connectivity index is 2.45. The highest BCUT2D eigenvalue weighted by Gasteiger charge is 2.33. The van der Waals surface area contributed by atoms with Crippen LogP contribution < -0.4 is 0 Å². The van der Waals surface area contributed by atoms with Gasteiger partial charge in [0.25, 0.3) is 0 Å². The average Bonchev–Trinajstić information content (AvgIpc) is 2.48. The summed E-state index contributed by atoms with van der Waals surface area (Å²) in [5.41, 5.74) is 0. The van der Waals surface area contributed by atoms with Crippen LogP contribution in [0.1, 0.15) is 33.1 Å². The Morgan fingerprint density at radius 3 is 2.64 bits per heavy atom. The van der Waals surface area contributed by atoms with E-state index in [0.717, 1.165) is 12.8 Å². The molecule has 1 aliphatic rings. The van der Waals surface area contributed by atoms with Crippen LogP contribution in [0.5, 0.6) is 0 Å². The van der Waals surface area contributed by atoms with Gasteiger partial charge >= 0.3 is 5.97 Å². The van der Waals surface area contributed by atoms with E-state index in [4.69, 9.17) is 0 Å². The van der Waals surface area contributed by atoms with Crippen LogP contribution in [0.25, 0.3) is 0 Å². The first-order valence-electron chi connectivity index (χ1n) is 5.17. The Bertz CT molecular complexity index is 235. The van der Waals surface area contributed by atoms with E-state index in [1.807, 2.05) is 13.8 Å². The molecule has 0 heterocycles. The number of ketones is 1. The van der Waals surface area contributed by atoms with Gasteiger partial charge in [0.05, 0.1) is 13.0 Å². The maximum absolute atomic E-state index is 11.6. The number of rotatable bonds is 3. The molecule has 14 heavy (non-hydrogen) atoms. The Hall–Kier alpha value is -0.860. The number of carbonyl (C=O) groups is 2. The smallest absolute Gasteiger partial charge is 0.308 e. The Labute approximate surface area is 84.8 Å². The third-order valence-electron chi connectivity index (χ3n) is 3.08. The molecule has 0 amide bonds. The molecule has 1 saturated carbocycles. The van der Waals surface area contributed by atoms with E-state index in [9.17, 15) is 9.59 Å². The van der Waals surface area contributed by atoms with Gasteiger partial charge in [0.2, 0.25) is 0 Å². The number of Topliss-reactive ketones (excluding diaryl/α,β-unsaturated/α-hetero) is 1. The van der Waals surface area contributed by atoms with Gasteiger partial charge in [-0.05, 0) is 19.3 Å². The van der Waals surface area contributed by atoms with Gasteiger partial charge < -0.3 is 4.74 Å². The molecule has 0 saturated heterocycles. The van der Waals surface area contributed by atoms with Gasteiger partial charge in [0.1, 0.15) is 5.78 Å². The third-order valence-corrected chi connectivity index (χ3v) is 3.08. The SMILES string of the molecule is COC(=O)[C@H](C)C[C@H]1CC[C@H](C)C1=O. The number of hydrogen-bond donors (Lipinski definition) is 0. The van der Waals surface area contributed by atoms with E-state index >= 15 is 0 Å². The molecule has 1 aliphatic carbocycles. The fourth-order valence-corrected chi connectivity index (χ4v) is 2.10. The minimum Gasteiger partial charge on any atom is -0.469 e. The summed E-state index contributed by atoms with van der Waals surface area (Å²) in [6.45, 7) is 3.78. The molecule has 3 nitrogen and oxygen atoms in total. The lowest BCUT2D eigenvalue weighted by atomic mass is 9.93. The van der Waals surface area contributed by atoms with Crippen LogP contribution in [0.3, 0.4) is 0 Å². The lowest BCUT2D eigenvalue weighted by Crippen LogP contribution is -2.20. The maximum Gasteiger partial charge on any atom is 0.308 e. The summed E-state index contributed by atoms with van der Waals surface area (Å²) >= 11 is 0. The van der Waals surface area contributed by atoms with E-state index < -0.39 is 0 Å². The molecule has 0 bridgehead atoms. The molecule has 0 radical (unpaired) electrons. The highest BCUT2D eigenvalue weighted by atomic mass is 16.5. The molecule has 0 spiro atoms. The van der Waals surface area contributed by atoms with E-state index in [0.29, 0.717) is 12.2 Å². The van der Waals surface area contributed by atoms with Gasteiger partial charge in [-0.1, -0.05) is 13.8 Å². The van der Waals surface area contributed by atoms with Crippen molar-refractivity contribution < 1.29 is 14.3 Å². The Kier molecular flexibility index (Phi) is 3.67. The monoisotopic (exact) mass is 198 g/mol. The van der Waals surface area contributed by atoms with Crippen molar-refractivity contribution in [1.29, 1.82) is 0 Å². The summed E-state index contributed by atoms with van der Waals surface area (Å²) in [7, 11) is 1.39. The van der Waals surface area contributed by atoms with Crippen molar-refractivity contribution in [2.75, 3.05) is 7.11 Å². The van der Waals surface area contributed by atoms with Crippen molar-refractivity contribution in [3.05, 3.63) is 0 Å². The quantitative estimate of drug-likeness (QED) is 0.649. The first-order valence-corrected chi connectivity index (χ1v) is 5.17.